The van der Waals surface area contributed by atoms with E-state index in [0.717, 1.165) is 10.1 Å². The van der Waals surface area contributed by atoms with Crippen molar-refractivity contribution in [2.75, 3.05) is 11.5 Å². The quantitative estimate of drug-likeness (QED) is 0.541. The summed E-state index contributed by atoms with van der Waals surface area (Å²) in [6.45, 7) is 0. The number of anilines is 2. The lowest BCUT2D eigenvalue weighted by Crippen LogP contribution is -1.84. The van der Waals surface area contributed by atoms with Crippen LogP contribution >= 0.6 is 11.3 Å². The molecule has 0 aliphatic heterocycles. The van der Waals surface area contributed by atoms with Crippen LogP contribution in [0.5, 0.6) is 5.06 Å². The van der Waals surface area contributed by atoms with Crippen molar-refractivity contribution in [2.24, 2.45) is 0 Å². The summed E-state index contributed by atoms with van der Waals surface area (Å²) in [5, 5.41) is 10.3. The fourth-order valence-corrected chi connectivity index (χ4v) is 2.03. The average Bonchev–Trinajstić information content (AvgIpc) is 2.32. The molecule has 3 nitrogen and oxygen atoms in total. The third-order valence-electron chi connectivity index (χ3n) is 1.76. The van der Waals surface area contributed by atoms with Gasteiger partial charge in [0.15, 0.2) is 5.06 Å². The maximum absolute atomic E-state index is 9.31. The third-order valence-corrected chi connectivity index (χ3v) is 2.84. The van der Waals surface area contributed by atoms with Crippen molar-refractivity contribution < 1.29 is 5.11 Å². The highest BCUT2D eigenvalue weighted by Crippen LogP contribution is 2.41. The van der Waals surface area contributed by atoms with Crippen molar-refractivity contribution in [3.05, 3.63) is 18.2 Å². The summed E-state index contributed by atoms with van der Waals surface area (Å²) in [4.78, 5) is 0. The van der Waals surface area contributed by atoms with E-state index in [1.165, 1.54) is 11.3 Å². The van der Waals surface area contributed by atoms with E-state index >= 15 is 0 Å². The molecule has 2 aromatic rings. The fourth-order valence-electron chi connectivity index (χ4n) is 1.15. The molecule has 0 saturated carbocycles. The van der Waals surface area contributed by atoms with Gasteiger partial charge >= 0.3 is 0 Å². The molecular weight excluding hydrogens is 172 g/mol. The SMILES string of the molecule is Nc1c(O)sc2c(N)cccc12. The van der Waals surface area contributed by atoms with Gasteiger partial charge in [0, 0.05) is 11.1 Å². The zero-order chi connectivity index (χ0) is 8.72. The zero-order valence-corrected chi connectivity index (χ0v) is 7.06. The highest BCUT2D eigenvalue weighted by Gasteiger charge is 2.08. The van der Waals surface area contributed by atoms with Gasteiger partial charge in [0.25, 0.3) is 0 Å². The molecule has 0 atom stereocenters. The van der Waals surface area contributed by atoms with Crippen LogP contribution in [0.1, 0.15) is 0 Å². The van der Waals surface area contributed by atoms with Crippen molar-refractivity contribution in [3.8, 4) is 5.06 Å². The molecule has 0 saturated heterocycles. The molecule has 0 unspecified atom stereocenters. The molecule has 1 aromatic heterocycles. The second-order valence-electron chi connectivity index (χ2n) is 2.54. The summed E-state index contributed by atoms with van der Waals surface area (Å²) in [6, 6.07) is 5.45. The number of fused-ring (bicyclic) bond motifs is 1. The van der Waals surface area contributed by atoms with Crippen LogP contribution in [0, 0.1) is 0 Å². The lowest BCUT2D eigenvalue weighted by atomic mass is 10.2. The van der Waals surface area contributed by atoms with Crippen LogP contribution in [0.25, 0.3) is 10.1 Å². The number of hydrogen-bond acceptors (Lipinski definition) is 4. The summed E-state index contributed by atoms with van der Waals surface area (Å²) < 4.78 is 0.854. The van der Waals surface area contributed by atoms with Crippen LogP contribution in [0.3, 0.4) is 0 Å². The Morgan fingerprint density at radius 3 is 2.67 bits per heavy atom. The number of aromatic hydroxyl groups is 1. The Morgan fingerprint density at radius 2 is 2.00 bits per heavy atom. The molecule has 0 spiro atoms. The molecular formula is C8H8N2OS. The number of nitrogen functional groups attached to an aromatic ring is 2. The van der Waals surface area contributed by atoms with Gasteiger partial charge in [0.2, 0.25) is 0 Å². The number of nitrogens with two attached hydrogens (primary N) is 2. The zero-order valence-electron chi connectivity index (χ0n) is 6.24. The van der Waals surface area contributed by atoms with Gasteiger partial charge in [-0.1, -0.05) is 23.5 Å². The summed E-state index contributed by atoms with van der Waals surface area (Å²) in [5.74, 6) is 0. The van der Waals surface area contributed by atoms with Gasteiger partial charge < -0.3 is 16.6 Å². The minimum absolute atomic E-state index is 0.142. The molecule has 0 amide bonds. The van der Waals surface area contributed by atoms with Gasteiger partial charge in [-0.15, -0.1) is 0 Å². The van der Waals surface area contributed by atoms with Crippen molar-refractivity contribution in [2.45, 2.75) is 0 Å². The Hall–Kier alpha value is -1.42. The van der Waals surface area contributed by atoms with Crippen LogP contribution in [-0.2, 0) is 0 Å². The van der Waals surface area contributed by atoms with E-state index in [2.05, 4.69) is 0 Å². The Bertz CT molecular complexity index is 436. The van der Waals surface area contributed by atoms with Crippen LogP contribution in [-0.4, -0.2) is 5.11 Å². The number of hydrogen-bond donors (Lipinski definition) is 3. The van der Waals surface area contributed by atoms with E-state index in [-0.39, 0.29) is 5.06 Å². The van der Waals surface area contributed by atoms with Crippen LogP contribution < -0.4 is 11.5 Å². The smallest absolute Gasteiger partial charge is 0.196 e. The molecule has 0 aliphatic carbocycles. The molecule has 1 heterocycles. The predicted octanol–water partition coefficient (Wildman–Crippen LogP) is 1.77. The first-order chi connectivity index (χ1) is 5.70. The van der Waals surface area contributed by atoms with Crippen molar-refractivity contribution in [1.82, 2.24) is 0 Å². The second kappa shape index (κ2) is 2.28. The third kappa shape index (κ3) is 0.816. The first kappa shape index (κ1) is 7.24. The van der Waals surface area contributed by atoms with Crippen LogP contribution in [0.4, 0.5) is 11.4 Å². The van der Waals surface area contributed by atoms with Gasteiger partial charge in [-0.2, -0.15) is 0 Å². The second-order valence-corrected chi connectivity index (χ2v) is 3.54. The van der Waals surface area contributed by atoms with E-state index in [1.807, 2.05) is 12.1 Å². The number of benzene rings is 1. The van der Waals surface area contributed by atoms with E-state index in [9.17, 15) is 5.11 Å². The summed E-state index contributed by atoms with van der Waals surface area (Å²) >= 11 is 1.21. The molecule has 5 N–H and O–H groups in total. The van der Waals surface area contributed by atoms with Crippen molar-refractivity contribution in [1.29, 1.82) is 0 Å². The summed E-state index contributed by atoms with van der Waals surface area (Å²) in [6.07, 6.45) is 0. The highest BCUT2D eigenvalue weighted by atomic mass is 32.1. The van der Waals surface area contributed by atoms with Gasteiger partial charge in [-0.25, -0.2) is 0 Å². The average molecular weight is 180 g/mol. The van der Waals surface area contributed by atoms with Gasteiger partial charge in [0.05, 0.1) is 10.4 Å². The largest absolute Gasteiger partial charge is 0.498 e. The molecule has 0 bridgehead atoms. The van der Waals surface area contributed by atoms with E-state index in [4.69, 9.17) is 11.5 Å². The predicted molar refractivity (Wildman–Crippen MR) is 52.3 cm³/mol. The van der Waals surface area contributed by atoms with Crippen molar-refractivity contribution in [3.63, 3.8) is 0 Å². The van der Waals surface area contributed by atoms with Gasteiger partial charge in [0.1, 0.15) is 0 Å². The molecule has 62 valence electrons. The standard InChI is InChI=1S/C8H8N2OS/c9-5-3-1-2-4-6(10)8(11)12-7(4)5/h1-3,11H,9-10H2. The number of rotatable bonds is 0. The first-order valence-electron chi connectivity index (χ1n) is 3.45. The van der Waals surface area contributed by atoms with Crippen LogP contribution in [0.15, 0.2) is 18.2 Å². The highest BCUT2D eigenvalue weighted by molar-refractivity contribution is 7.22. The van der Waals surface area contributed by atoms with Crippen LogP contribution in [0.2, 0.25) is 0 Å². The van der Waals surface area contributed by atoms with E-state index in [0.29, 0.717) is 11.4 Å². The van der Waals surface area contributed by atoms with Gasteiger partial charge in [-0.3, -0.25) is 0 Å². The molecule has 0 aliphatic rings. The topological polar surface area (TPSA) is 72.3 Å². The fraction of sp³-hybridized carbons (Fsp3) is 0. The lowest BCUT2D eigenvalue weighted by molar-refractivity contribution is 0.493. The van der Waals surface area contributed by atoms with E-state index < -0.39 is 0 Å². The molecule has 0 fully saturated rings. The van der Waals surface area contributed by atoms with Crippen molar-refractivity contribution >= 4 is 32.8 Å². The molecule has 4 heteroatoms. The maximum Gasteiger partial charge on any atom is 0.196 e. The molecule has 1 aromatic carbocycles. The molecule has 2 rings (SSSR count). The first-order valence-corrected chi connectivity index (χ1v) is 4.27. The monoisotopic (exact) mass is 180 g/mol. The lowest BCUT2D eigenvalue weighted by Gasteiger charge is -1.93. The Morgan fingerprint density at radius 1 is 1.25 bits per heavy atom. The normalized spacial score (nSPS) is 10.7. The molecule has 12 heavy (non-hydrogen) atoms. The van der Waals surface area contributed by atoms with E-state index in [1.54, 1.807) is 6.07 Å². The minimum Gasteiger partial charge on any atom is -0.498 e. The summed E-state index contributed by atoms with van der Waals surface area (Å²) in [5.41, 5.74) is 12.4. The Labute approximate surface area is 73.2 Å². The Balaban J connectivity index is 2.95. The maximum atomic E-state index is 9.31. The Kier molecular flexibility index (Phi) is 1.38. The van der Waals surface area contributed by atoms with Gasteiger partial charge in [-0.05, 0) is 6.07 Å². The number of thiophene rings is 1. The minimum atomic E-state index is 0.142. The summed E-state index contributed by atoms with van der Waals surface area (Å²) in [7, 11) is 0. The molecule has 0 radical (unpaired) electrons.